The molecular formula is C20H22INO2. The first-order valence-corrected chi connectivity index (χ1v) is 7.78. The Kier molecular flexibility index (Phi) is 6.31. The van der Waals surface area contributed by atoms with E-state index < -0.39 is 0 Å². The summed E-state index contributed by atoms with van der Waals surface area (Å²) in [6.45, 7) is 0.875. The predicted octanol–water partition coefficient (Wildman–Crippen LogP) is 4.62. The lowest BCUT2D eigenvalue weighted by Crippen LogP contribution is -2.14. The SMILES string of the molecule is CN1C=CC(CC(c2ccccc2O)c2ccccc2O)=CC1.I. The lowest BCUT2D eigenvalue weighted by atomic mass is 9.84. The number of phenolic OH excluding ortho intramolecular Hbond substituents is 2. The van der Waals surface area contributed by atoms with Gasteiger partial charge in [-0.3, -0.25) is 0 Å². The van der Waals surface area contributed by atoms with Gasteiger partial charge in [0.25, 0.3) is 0 Å². The molecule has 2 aromatic carbocycles. The van der Waals surface area contributed by atoms with Crippen molar-refractivity contribution in [3.8, 4) is 11.5 Å². The minimum absolute atomic E-state index is 0. The van der Waals surface area contributed by atoms with Crippen LogP contribution in [-0.4, -0.2) is 28.7 Å². The number of para-hydroxylation sites is 2. The maximum Gasteiger partial charge on any atom is 0.119 e. The van der Waals surface area contributed by atoms with E-state index in [0.717, 1.165) is 24.1 Å². The van der Waals surface area contributed by atoms with E-state index in [4.69, 9.17) is 0 Å². The topological polar surface area (TPSA) is 43.7 Å². The summed E-state index contributed by atoms with van der Waals surface area (Å²) in [5.41, 5.74) is 2.88. The van der Waals surface area contributed by atoms with E-state index >= 15 is 0 Å². The number of hydrogen-bond donors (Lipinski definition) is 2. The number of aromatic hydroxyl groups is 2. The van der Waals surface area contributed by atoms with Crippen LogP contribution in [0, 0.1) is 0 Å². The van der Waals surface area contributed by atoms with Crippen LogP contribution in [0.1, 0.15) is 23.5 Å². The molecule has 126 valence electrons. The molecule has 4 heteroatoms. The Hall–Kier alpha value is -1.95. The second kappa shape index (κ2) is 8.24. The number of nitrogens with zero attached hydrogens (tertiary/aromatic N) is 1. The third-order valence-electron chi connectivity index (χ3n) is 4.25. The highest BCUT2D eigenvalue weighted by atomic mass is 127. The van der Waals surface area contributed by atoms with Crippen molar-refractivity contribution < 1.29 is 10.2 Å². The summed E-state index contributed by atoms with van der Waals surface area (Å²) in [6, 6.07) is 14.7. The maximum absolute atomic E-state index is 10.3. The van der Waals surface area contributed by atoms with Gasteiger partial charge in [0, 0.05) is 30.6 Å². The van der Waals surface area contributed by atoms with Crippen molar-refractivity contribution in [1.82, 2.24) is 4.90 Å². The van der Waals surface area contributed by atoms with Crippen LogP contribution in [-0.2, 0) is 0 Å². The molecule has 24 heavy (non-hydrogen) atoms. The Labute approximate surface area is 160 Å². The van der Waals surface area contributed by atoms with E-state index in [1.807, 2.05) is 43.4 Å². The fraction of sp³-hybridized carbons (Fsp3) is 0.200. The second-order valence-electron chi connectivity index (χ2n) is 5.91. The fourth-order valence-electron chi connectivity index (χ4n) is 2.95. The molecule has 0 unspecified atom stereocenters. The van der Waals surface area contributed by atoms with Crippen LogP contribution >= 0.6 is 24.0 Å². The van der Waals surface area contributed by atoms with Crippen LogP contribution in [0.4, 0.5) is 0 Å². The standard InChI is InChI=1S/C20H21NO2.HI/c1-21-12-10-15(11-13-21)14-18(16-6-2-4-8-19(16)22)17-7-3-5-9-20(17)23;/h2-12,18,22-23H,13-14H2,1H3;1H. The summed E-state index contributed by atoms with van der Waals surface area (Å²) in [5.74, 6) is 0.438. The average molecular weight is 435 g/mol. The normalized spacial score (nSPS) is 13.6. The first-order valence-electron chi connectivity index (χ1n) is 7.78. The average Bonchev–Trinajstić information content (AvgIpc) is 2.56. The van der Waals surface area contributed by atoms with Gasteiger partial charge >= 0.3 is 0 Å². The van der Waals surface area contributed by atoms with Crippen LogP contribution in [0.2, 0.25) is 0 Å². The van der Waals surface area contributed by atoms with E-state index in [1.165, 1.54) is 5.57 Å². The monoisotopic (exact) mass is 435 g/mol. The zero-order valence-electron chi connectivity index (χ0n) is 13.6. The van der Waals surface area contributed by atoms with Gasteiger partial charge in [0.1, 0.15) is 11.5 Å². The first kappa shape index (κ1) is 18.4. The smallest absolute Gasteiger partial charge is 0.119 e. The highest BCUT2D eigenvalue weighted by Gasteiger charge is 2.21. The molecule has 0 bridgehead atoms. The van der Waals surface area contributed by atoms with Crippen molar-refractivity contribution >= 4 is 24.0 Å². The molecule has 0 atom stereocenters. The number of hydrogen-bond acceptors (Lipinski definition) is 3. The van der Waals surface area contributed by atoms with Crippen molar-refractivity contribution in [2.24, 2.45) is 0 Å². The molecule has 0 saturated carbocycles. The van der Waals surface area contributed by atoms with E-state index in [9.17, 15) is 10.2 Å². The van der Waals surface area contributed by atoms with Crippen molar-refractivity contribution in [2.75, 3.05) is 13.6 Å². The Morgan fingerprint density at radius 3 is 1.96 bits per heavy atom. The number of halogens is 1. The third-order valence-corrected chi connectivity index (χ3v) is 4.25. The van der Waals surface area contributed by atoms with Gasteiger partial charge in [0.05, 0.1) is 0 Å². The molecule has 0 fully saturated rings. The van der Waals surface area contributed by atoms with Crippen molar-refractivity contribution in [3.63, 3.8) is 0 Å². The molecule has 0 amide bonds. The molecule has 0 saturated heterocycles. The minimum atomic E-state index is -0.0864. The number of benzene rings is 2. The highest BCUT2D eigenvalue weighted by Crippen LogP contribution is 2.39. The van der Waals surface area contributed by atoms with Gasteiger partial charge in [-0.1, -0.05) is 42.5 Å². The molecule has 0 aromatic heterocycles. The van der Waals surface area contributed by atoms with Gasteiger partial charge < -0.3 is 15.1 Å². The van der Waals surface area contributed by atoms with E-state index in [2.05, 4.69) is 23.3 Å². The van der Waals surface area contributed by atoms with Gasteiger partial charge in [-0.05, 0) is 36.4 Å². The molecule has 1 heterocycles. The van der Waals surface area contributed by atoms with E-state index in [0.29, 0.717) is 0 Å². The summed E-state index contributed by atoms with van der Waals surface area (Å²) in [7, 11) is 2.04. The van der Waals surface area contributed by atoms with Gasteiger partial charge in [0.2, 0.25) is 0 Å². The second-order valence-corrected chi connectivity index (χ2v) is 5.91. The van der Waals surface area contributed by atoms with Crippen LogP contribution in [0.5, 0.6) is 11.5 Å². The van der Waals surface area contributed by atoms with Crippen LogP contribution < -0.4 is 0 Å². The number of likely N-dealkylation sites (N-methyl/N-ethyl adjacent to an activating group) is 1. The Balaban J connectivity index is 0.00000208. The highest BCUT2D eigenvalue weighted by molar-refractivity contribution is 14.0. The minimum Gasteiger partial charge on any atom is -0.508 e. The molecule has 0 spiro atoms. The molecule has 3 nitrogen and oxygen atoms in total. The summed E-state index contributed by atoms with van der Waals surface area (Å²) in [4.78, 5) is 2.11. The van der Waals surface area contributed by atoms with E-state index in [-0.39, 0.29) is 41.4 Å². The molecule has 0 aliphatic carbocycles. The molecular weight excluding hydrogens is 413 g/mol. The zero-order chi connectivity index (χ0) is 16.2. The van der Waals surface area contributed by atoms with Gasteiger partial charge in [-0.15, -0.1) is 24.0 Å². The molecule has 0 radical (unpaired) electrons. The Bertz CT molecular complexity index is 709. The quantitative estimate of drug-likeness (QED) is 0.689. The van der Waals surface area contributed by atoms with Crippen molar-refractivity contribution in [2.45, 2.75) is 12.3 Å². The van der Waals surface area contributed by atoms with Crippen molar-refractivity contribution in [1.29, 1.82) is 0 Å². The molecule has 2 aromatic rings. The molecule has 1 aliphatic rings. The Morgan fingerprint density at radius 2 is 1.50 bits per heavy atom. The number of phenols is 2. The first-order chi connectivity index (χ1) is 11.1. The van der Waals surface area contributed by atoms with Gasteiger partial charge in [0.15, 0.2) is 0 Å². The number of allylic oxidation sites excluding steroid dienone is 2. The predicted molar refractivity (Wildman–Crippen MR) is 108 cm³/mol. The lowest BCUT2D eigenvalue weighted by molar-refractivity contribution is 0.453. The summed E-state index contributed by atoms with van der Waals surface area (Å²) in [5, 5.41) is 20.6. The molecule has 1 aliphatic heterocycles. The number of rotatable bonds is 4. The van der Waals surface area contributed by atoms with Crippen LogP contribution in [0.15, 0.2) is 72.5 Å². The lowest BCUT2D eigenvalue weighted by Gasteiger charge is -2.23. The summed E-state index contributed by atoms with van der Waals surface area (Å²) < 4.78 is 0. The summed E-state index contributed by atoms with van der Waals surface area (Å²) in [6.07, 6.45) is 7.07. The van der Waals surface area contributed by atoms with Crippen LogP contribution in [0.25, 0.3) is 0 Å². The largest absolute Gasteiger partial charge is 0.508 e. The fourth-order valence-corrected chi connectivity index (χ4v) is 2.95. The van der Waals surface area contributed by atoms with Crippen LogP contribution in [0.3, 0.4) is 0 Å². The maximum atomic E-state index is 10.3. The third kappa shape index (κ3) is 4.12. The van der Waals surface area contributed by atoms with Gasteiger partial charge in [-0.2, -0.15) is 0 Å². The van der Waals surface area contributed by atoms with Crippen molar-refractivity contribution in [3.05, 3.63) is 83.6 Å². The zero-order valence-corrected chi connectivity index (χ0v) is 15.9. The summed E-state index contributed by atoms with van der Waals surface area (Å²) >= 11 is 0. The van der Waals surface area contributed by atoms with Gasteiger partial charge in [-0.25, -0.2) is 0 Å². The van der Waals surface area contributed by atoms with E-state index in [1.54, 1.807) is 12.1 Å². The Morgan fingerprint density at radius 1 is 0.958 bits per heavy atom. The molecule has 2 N–H and O–H groups in total. The molecule has 3 rings (SSSR count).